The maximum absolute atomic E-state index is 13.3. The zero-order chi connectivity index (χ0) is 38.0. The van der Waals surface area contributed by atoms with E-state index in [1.54, 1.807) is 44.2 Å². The molecule has 0 unspecified atom stereocenters. The number of hydroxylamine groups is 2. The number of ether oxygens (including phenoxy) is 2. The molecule has 0 aliphatic carbocycles. The fraction of sp³-hybridized carbons (Fsp3) is 0.405. The van der Waals surface area contributed by atoms with E-state index in [0.29, 0.717) is 29.0 Å². The van der Waals surface area contributed by atoms with Crippen LogP contribution in [0.2, 0.25) is 0 Å². The Hall–Kier alpha value is -5.70. The van der Waals surface area contributed by atoms with E-state index in [1.807, 2.05) is 6.92 Å². The molecule has 52 heavy (non-hydrogen) atoms. The number of unbranched alkanes of at least 4 members (excludes halogenated alkanes) is 2. The summed E-state index contributed by atoms with van der Waals surface area (Å²) in [4.78, 5) is 74.6. The number of benzene rings is 2. The van der Waals surface area contributed by atoms with Crippen molar-refractivity contribution in [3.8, 4) is 17.1 Å². The van der Waals surface area contributed by atoms with Crippen LogP contribution in [0, 0.1) is 5.92 Å². The van der Waals surface area contributed by atoms with Crippen molar-refractivity contribution in [2.24, 2.45) is 5.92 Å². The number of carboxylic acid groups (broad SMARTS) is 1. The molecule has 1 aromatic heterocycles. The normalized spacial score (nSPS) is 12.5. The Balaban J connectivity index is 1.67. The van der Waals surface area contributed by atoms with Crippen LogP contribution >= 0.6 is 0 Å². The summed E-state index contributed by atoms with van der Waals surface area (Å²) in [7, 11) is 0. The molecule has 0 spiro atoms. The van der Waals surface area contributed by atoms with Gasteiger partial charge in [-0.1, -0.05) is 69.5 Å². The van der Waals surface area contributed by atoms with Gasteiger partial charge in [0.2, 0.25) is 12.3 Å². The number of amides is 4. The van der Waals surface area contributed by atoms with Gasteiger partial charge < -0.3 is 34.9 Å². The Kier molecular flexibility index (Phi) is 16.3. The van der Waals surface area contributed by atoms with Gasteiger partial charge in [-0.3, -0.25) is 29.2 Å². The Morgan fingerprint density at radius 1 is 0.942 bits per heavy atom. The van der Waals surface area contributed by atoms with E-state index in [-0.39, 0.29) is 49.1 Å². The number of carbonyl (C=O) groups is 6. The highest BCUT2D eigenvalue weighted by Crippen LogP contribution is 2.29. The topological polar surface area (TPSA) is 214 Å². The summed E-state index contributed by atoms with van der Waals surface area (Å²) in [6.45, 7) is 5.32. The van der Waals surface area contributed by atoms with Crippen molar-refractivity contribution in [3.63, 3.8) is 0 Å². The van der Waals surface area contributed by atoms with Gasteiger partial charge in [0, 0.05) is 5.56 Å². The van der Waals surface area contributed by atoms with E-state index in [0.717, 1.165) is 19.3 Å². The predicted octanol–water partition coefficient (Wildman–Crippen LogP) is 4.29. The maximum atomic E-state index is 13.3. The van der Waals surface area contributed by atoms with E-state index < -0.39 is 54.1 Å². The van der Waals surface area contributed by atoms with Gasteiger partial charge in [-0.15, -0.1) is 0 Å². The third-order valence-electron chi connectivity index (χ3n) is 8.13. The number of carboxylic acids is 1. The lowest BCUT2D eigenvalue weighted by Gasteiger charge is -2.29. The third-order valence-corrected chi connectivity index (χ3v) is 8.13. The molecule has 1 heterocycles. The summed E-state index contributed by atoms with van der Waals surface area (Å²) in [5, 5.41) is 27.5. The molecule has 0 aliphatic rings. The van der Waals surface area contributed by atoms with Crippen LogP contribution in [-0.4, -0.2) is 76.8 Å². The van der Waals surface area contributed by atoms with Gasteiger partial charge in [-0.05, 0) is 49.6 Å². The Bertz CT molecular complexity index is 1660. The van der Waals surface area contributed by atoms with Gasteiger partial charge in [0.15, 0.2) is 5.76 Å². The minimum absolute atomic E-state index is 0.0212. The summed E-state index contributed by atoms with van der Waals surface area (Å²) < 4.78 is 16.7. The van der Waals surface area contributed by atoms with Gasteiger partial charge in [-0.25, -0.2) is 9.86 Å². The second-order valence-electron chi connectivity index (χ2n) is 11.8. The molecule has 0 radical (unpaired) electrons. The Morgan fingerprint density at radius 3 is 2.35 bits per heavy atom. The number of hydrogen-bond acceptors (Lipinski definition) is 10. The van der Waals surface area contributed by atoms with Crippen LogP contribution in [0.4, 0.5) is 0 Å². The molecule has 0 bridgehead atoms. The van der Waals surface area contributed by atoms with Gasteiger partial charge in [0.05, 0.1) is 37.2 Å². The first kappa shape index (κ1) is 40.7. The van der Waals surface area contributed by atoms with Crippen molar-refractivity contribution < 1.29 is 53.0 Å². The minimum Gasteiger partial charge on any atom is -0.493 e. The first-order chi connectivity index (χ1) is 25.0. The standard InChI is InChI=1S/C37H46N4O11/c1-4-7-9-14-26(29(5-2)41(49)23-42)34(45)38-22-39-36(47)31-18-17-30(52-31)25-15-16-27(32(19-25)50-6-3)35(46)40-28(20-33(43)44)37(48)51-21-24-12-10-8-11-13-24/h8,10-13,15-19,23,26,28-29,49H,4-7,9,14,20-22H2,1-3H3,(H,38,45)(H,39,47)(H,40,46)(H,43,44)/t26-,28+,29-/m1/s1. The molecule has 0 fully saturated rings. The summed E-state index contributed by atoms with van der Waals surface area (Å²) >= 11 is 0. The zero-order valence-electron chi connectivity index (χ0n) is 29.5. The lowest BCUT2D eigenvalue weighted by atomic mass is 9.90. The quantitative estimate of drug-likeness (QED) is 0.0246. The van der Waals surface area contributed by atoms with E-state index in [1.165, 1.54) is 30.3 Å². The fourth-order valence-electron chi connectivity index (χ4n) is 5.46. The van der Waals surface area contributed by atoms with Crippen LogP contribution in [0.15, 0.2) is 65.1 Å². The number of aliphatic carboxylic acids is 1. The largest absolute Gasteiger partial charge is 0.493 e. The van der Waals surface area contributed by atoms with Gasteiger partial charge >= 0.3 is 11.9 Å². The van der Waals surface area contributed by atoms with Crippen molar-refractivity contribution in [3.05, 3.63) is 77.6 Å². The number of nitrogens with zero attached hydrogens (tertiary/aromatic N) is 1. The molecule has 5 N–H and O–H groups in total. The molecular formula is C37H46N4O11. The van der Waals surface area contributed by atoms with E-state index in [2.05, 4.69) is 16.0 Å². The van der Waals surface area contributed by atoms with Gasteiger partial charge in [0.1, 0.15) is 24.2 Å². The van der Waals surface area contributed by atoms with Crippen LogP contribution in [0.3, 0.4) is 0 Å². The summed E-state index contributed by atoms with van der Waals surface area (Å²) in [5.41, 5.74) is 1.16. The van der Waals surface area contributed by atoms with Crippen LogP contribution in [0.5, 0.6) is 5.75 Å². The molecule has 2 aromatic carbocycles. The molecule has 0 saturated carbocycles. The molecular weight excluding hydrogens is 676 g/mol. The van der Waals surface area contributed by atoms with Gasteiger partial charge in [0.25, 0.3) is 11.8 Å². The van der Waals surface area contributed by atoms with Crippen molar-refractivity contribution >= 4 is 36.1 Å². The lowest BCUT2D eigenvalue weighted by molar-refractivity contribution is -0.168. The van der Waals surface area contributed by atoms with E-state index >= 15 is 0 Å². The molecule has 15 heteroatoms. The second kappa shape index (κ2) is 20.8. The number of carbonyl (C=O) groups excluding carboxylic acids is 5. The number of esters is 1. The monoisotopic (exact) mass is 722 g/mol. The van der Waals surface area contributed by atoms with Crippen molar-refractivity contribution in [1.82, 2.24) is 21.0 Å². The number of nitrogens with one attached hydrogen (secondary N) is 3. The molecule has 0 saturated heterocycles. The lowest BCUT2D eigenvalue weighted by Crippen LogP contribution is -2.47. The first-order valence-electron chi connectivity index (χ1n) is 17.1. The first-order valence-corrected chi connectivity index (χ1v) is 17.1. The summed E-state index contributed by atoms with van der Waals surface area (Å²) in [6, 6.07) is 14.0. The molecule has 0 aliphatic heterocycles. The predicted molar refractivity (Wildman–Crippen MR) is 187 cm³/mol. The average molecular weight is 723 g/mol. The molecule has 3 aromatic rings. The van der Waals surface area contributed by atoms with Crippen LogP contribution in [-0.2, 0) is 30.5 Å². The SMILES string of the molecule is CCCCC[C@@H](C(=O)NCNC(=O)c1ccc(-c2ccc(C(=O)N[C@@H](CC(=O)O)C(=O)OCc3ccccc3)c(OCC)c2)o1)[C@@H](CC)N(O)C=O. The number of rotatable bonds is 22. The summed E-state index contributed by atoms with van der Waals surface area (Å²) in [6.07, 6.45) is 2.91. The summed E-state index contributed by atoms with van der Waals surface area (Å²) in [5.74, 6) is -4.41. The molecule has 15 nitrogen and oxygen atoms in total. The van der Waals surface area contributed by atoms with E-state index in [9.17, 15) is 39.1 Å². The number of furan rings is 1. The van der Waals surface area contributed by atoms with Crippen LogP contribution in [0.25, 0.3) is 11.3 Å². The average Bonchev–Trinajstić information content (AvgIpc) is 3.64. The number of hydrogen-bond donors (Lipinski definition) is 5. The smallest absolute Gasteiger partial charge is 0.329 e. The molecule has 3 rings (SSSR count). The van der Waals surface area contributed by atoms with Gasteiger partial charge in [-0.2, -0.15) is 0 Å². The fourth-order valence-corrected chi connectivity index (χ4v) is 5.46. The Morgan fingerprint density at radius 2 is 1.69 bits per heavy atom. The van der Waals surface area contributed by atoms with Crippen LogP contribution in [0.1, 0.15) is 85.8 Å². The highest BCUT2D eigenvalue weighted by Gasteiger charge is 2.31. The van der Waals surface area contributed by atoms with Crippen molar-refractivity contribution in [1.29, 1.82) is 0 Å². The molecule has 4 amide bonds. The minimum atomic E-state index is -1.47. The third kappa shape index (κ3) is 12.0. The highest BCUT2D eigenvalue weighted by molar-refractivity contribution is 6.00. The highest BCUT2D eigenvalue weighted by atomic mass is 16.5. The van der Waals surface area contributed by atoms with E-state index in [4.69, 9.17) is 13.9 Å². The van der Waals surface area contributed by atoms with Crippen molar-refractivity contribution in [2.75, 3.05) is 13.3 Å². The zero-order valence-corrected chi connectivity index (χ0v) is 29.5. The molecule has 280 valence electrons. The second-order valence-corrected chi connectivity index (χ2v) is 11.8. The van der Waals surface area contributed by atoms with Crippen LogP contribution < -0.4 is 20.7 Å². The maximum Gasteiger partial charge on any atom is 0.329 e. The van der Waals surface area contributed by atoms with Crippen molar-refractivity contribution in [2.45, 2.75) is 78.0 Å². The molecule has 3 atom stereocenters. The Labute approximate surface area is 301 Å².